The van der Waals surface area contributed by atoms with Crippen LogP contribution in [0.5, 0.6) is 0 Å². The molecule has 1 N–H and O–H groups in total. The molecule has 3 heteroatoms. The van der Waals surface area contributed by atoms with Crippen LogP contribution in [0.4, 0.5) is 0 Å². The van der Waals surface area contributed by atoms with Crippen molar-refractivity contribution in [1.82, 2.24) is 5.32 Å². The summed E-state index contributed by atoms with van der Waals surface area (Å²) >= 11 is 9.78. The first-order valence-electron chi connectivity index (χ1n) is 7.01. The van der Waals surface area contributed by atoms with E-state index in [0.29, 0.717) is 5.92 Å². The lowest BCUT2D eigenvalue weighted by molar-refractivity contribution is 0.285. The SMILES string of the molecule is CCC(C)(CNCC(C)C)Cc1ccc(Br)cc1Cl. The fraction of sp³-hybridized carbons (Fsp3) is 0.625. The Morgan fingerprint density at radius 3 is 2.58 bits per heavy atom. The first-order chi connectivity index (χ1) is 8.86. The fourth-order valence-electron chi connectivity index (χ4n) is 2.10. The summed E-state index contributed by atoms with van der Waals surface area (Å²) in [5, 5.41) is 4.43. The topological polar surface area (TPSA) is 12.0 Å². The number of hydrogen-bond donors (Lipinski definition) is 1. The smallest absolute Gasteiger partial charge is 0.0449 e. The molecular weight excluding hydrogens is 322 g/mol. The normalized spacial score (nSPS) is 14.7. The zero-order valence-corrected chi connectivity index (χ0v) is 14.7. The first-order valence-corrected chi connectivity index (χ1v) is 8.18. The van der Waals surface area contributed by atoms with Crippen LogP contribution in [-0.4, -0.2) is 13.1 Å². The fourth-order valence-corrected chi connectivity index (χ4v) is 2.84. The van der Waals surface area contributed by atoms with Crippen molar-refractivity contribution >= 4 is 27.5 Å². The zero-order chi connectivity index (χ0) is 14.5. The molecule has 0 fully saturated rings. The summed E-state index contributed by atoms with van der Waals surface area (Å²) in [5.74, 6) is 0.692. The highest BCUT2D eigenvalue weighted by Gasteiger charge is 2.23. The molecule has 0 saturated carbocycles. The van der Waals surface area contributed by atoms with E-state index in [1.54, 1.807) is 0 Å². The van der Waals surface area contributed by atoms with Crippen LogP contribution in [0.15, 0.2) is 22.7 Å². The predicted molar refractivity (Wildman–Crippen MR) is 89.0 cm³/mol. The molecule has 0 saturated heterocycles. The van der Waals surface area contributed by atoms with Crippen LogP contribution >= 0.6 is 27.5 Å². The maximum Gasteiger partial charge on any atom is 0.0449 e. The van der Waals surface area contributed by atoms with Crippen LogP contribution < -0.4 is 5.32 Å². The molecule has 0 aliphatic heterocycles. The minimum Gasteiger partial charge on any atom is -0.316 e. The van der Waals surface area contributed by atoms with Gasteiger partial charge in [0.2, 0.25) is 0 Å². The van der Waals surface area contributed by atoms with Crippen LogP contribution in [0.1, 0.15) is 39.7 Å². The van der Waals surface area contributed by atoms with E-state index in [9.17, 15) is 0 Å². The number of halogens is 2. The molecule has 0 bridgehead atoms. The van der Waals surface area contributed by atoms with Crippen molar-refractivity contribution in [2.24, 2.45) is 11.3 Å². The van der Waals surface area contributed by atoms with Crippen LogP contribution in [0.3, 0.4) is 0 Å². The van der Waals surface area contributed by atoms with Crippen molar-refractivity contribution in [3.8, 4) is 0 Å². The molecular formula is C16H25BrClN. The van der Waals surface area contributed by atoms with E-state index in [1.165, 1.54) is 5.56 Å². The lowest BCUT2D eigenvalue weighted by atomic mass is 9.81. The average Bonchev–Trinajstić information content (AvgIpc) is 2.32. The molecule has 0 aliphatic rings. The highest BCUT2D eigenvalue weighted by Crippen LogP contribution is 2.30. The highest BCUT2D eigenvalue weighted by molar-refractivity contribution is 9.10. The third kappa shape index (κ3) is 5.85. The Balaban J connectivity index is 2.68. The second kappa shape index (κ2) is 7.66. The van der Waals surface area contributed by atoms with Gasteiger partial charge in [-0.3, -0.25) is 0 Å². The summed E-state index contributed by atoms with van der Waals surface area (Å²) in [6, 6.07) is 6.18. The number of benzene rings is 1. The number of hydrogen-bond acceptors (Lipinski definition) is 1. The summed E-state index contributed by atoms with van der Waals surface area (Å²) in [4.78, 5) is 0. The van der Waals surface area contributed by atoms with Gasteiger partial charge in [-0.25, -0.2) is 0 Å². The second-order valence-corrected chi connectivity index (χ2v) is 7.42. The molecule has 1 nitrogen and oxygen atoms in total. The van der Waals surface area contributed by atoms with E-state index < -0.39 is 0 Å². The van der Waals surface area contributed by atoms with E-state index in [0.717, 1.165) is 35.4 Å². The lowest BCUT2D eigenvalue weighted by Crippen LogP contribution is -2.35. The Kier molecular flexibility index (Phi) is 6.85. The molecule has 0 aliphatic carbocycles. The third-order valence-electron chi connectivity index (χ3n) is 3.59. The predicted octanol–water partition coefficient (Wildman–Crippen LogP) is 5.31. The minimum absolute atomic E-state index is 0.256. The quantitative estimate of drug-likeness (QED) is 0.705. The highest BCUT2D eigenvalue weighted by atomic mass is 79.9. The molecule has 19 heavy (non-hydrogen) atoms. The Morgan fingerprint density at radius 1 is 1.37 bits per heavy atom. The average molecular weight is 347 g/mol. The maximum atomic E-state index is 6.33. The van der Waals surface area contributed by atoms with E-state index in [4.69, 9.17) is 11.6 Å². The summed E-state index contributed by atoms with van der Waals surface area (Å²) in [6.45, 7) is 11.2. The van der Waals surface area contributed by atoms with Gasteiger partial charge < -0.3 is 5.32 Å². The third-order valence-corrected chi connectivity index (χ3v) is 4.44. The van der Waals surface area contributed by atoms with Crippen molar-refractivity contribution in [1.29, 1.82) is 0 Å². The van der Waals surface area contributed by atoms with Gasteiger partial charge in [0.05, 0.1) is 0 Å². The summed E-state index contributed by atoms with van der Waals surface area (Å²) in [7, 11) is 0. The zero-order valence-electron chi connectivity index (χ0n) is 12.4. The monoisotopic (exact) mass is 345 g/mol. The van der Waals surface area contributed by atoms with Gasteiger partial charge >= 0.3 is 0 Å². The van der Waals surface area contributed by atoms with Crippen LogP contribution in [0.2, 0.25) is 5.02 Å². The molecule has 0 aromatic heterocycles. The van der Waals surface area contributed by atoms with Crippen LogP contribution in [-0.2, 0) is 6.42 Å². The largest absolute Gasteiger partial charge is 0.316 e. The van der Waals surface area contributed by atoms with Gasteiger partial charge in [0.1, 0.15) is 0 Å². The Hall–Kier alpha value is -0.0500. The van der Waals surface area contributed by atoms with Gasteiger partial charge in [0.25, 0.3) is 0 Å². The van der Waals surface area contributed by atoms with Gasteiger partial charge in [-0.2, -0.15) is 0 Å². The molecule has 0 amide bonds. The van der Waals surface area contributed by atoms with Gasteiger partial charge in [0, 0.05) is 16.0 Å². The van der Waals surface area contributed by atoms with Gasteiger partial charge in [-0.1, -0.05) is 61.3 Å². The molecule has 1 unspecified atom stereocenters. The molecule has 1 aromatic carbocycles. The first kappa shape index (κ1) is 17.0. The molecule has 0 radical (unpaired) electrons. The van der Waals surface area contributed by atoms with Crippen molar-refractivity contribution in [3.05, 3.63) is 33.3 Å². The van der Waals surface area contributed by atoms with Crippen molar-refractivity contribution in [2.75, 3.05) is 13.1 Å². The Labute approximate surface area is 131 Å². The van der Waals surface area contributed by atoms with Crippen LogP contribution in [0, 0.1) is 11.3 Å². The molecule has 1 aromatic rings. The molecule has 1 atom stereocenters. The van der Waals surface area contributed by atoms with Crippen molar-refractivity contribution < 1.29 is 0 Å². The lowest BCUT2D eigenvalue weighted by Gasteiger charge is -2.29. The van der Waals surface area contributed by atoms with Gasteiger partial charge in [0.15, 0.2) is 0 Å². The van der Waals surface area contributed by atoms with Gasteiger partial charge in [-0.15, -0.1) is 0 Å². The number of rotatable bonds is 7. The molecule has 0 spiro atoms. The summed E-state index contributed by atoms with van der Waals surface area (Å²) in [6.07, 6.45) is 2.16. The van der Waals surface area contributed by atoms with Crippen molar-refractivity contribution in [2.45, 2.75) is 40.5 Å². The second-order valence-electron chi connectivity index (χ2n) is 6.10. The standard InChI is InChI=1S/C16H25BrClN/c1-5-16(4,11-19-10-12(2)3)9-13-6-7-14(17)8-15(13)18/h6-8,12,19H,5,9-11H2,1-4H3. The van der Waals surface area contributed by atoms with E-state index >= 15 is 0 Å². The Morgan fingerprint density at radius 2 is 2.05 bits per heavy atom. The van der Waals surface area contributed by atoms with Crippen LogP contribution in [0.25, 0.3) is 0 Å². The summed E-state index contributed by atoms with van der Waals surface area (Å²) < 4.78 is 1.04. The van der Waals surface area contributed by atoms with Gasteiger partial charge in [-0.05, 0) is 48.4 Å². The van der Waals surface area contributed by atoms with E-state index in [-0.39, 0.29) is 5.41 Å². The molecule has 1 rings (SSSR count). The number of nitrogens with one attached hydrogen (secondary N) is 1. The maximum absolute atomic E-state index is 6.33. The Bertz CT molecular complexity index is 406. The minimum atomic E-state index is 0.256. The molecule has 108 valence electrons. The summed E-state index contributed by atoms with van der Waals surface area (Å²) in [5.41, 5.74) is 1.49. The van der Waals surface area contributed by atoms with Crippen molar-refractivity contribution in [3.63, 3.8) is 0 Å². The van der Waals surface area contributed by atoms with E-state index in [1.807, 2.05) is 6.07 Å². The van der Waals surface area contributed by atoms with E-state index in [2.05, 4.69) is 61.1 Å². The molecule has 0 heterocycles.